The molecule has 0 spiro atoms. The van der Waals surface area contributed by atoms with Crippen molar-refractivity contribution in [3.63, 3.8) is 0 Å². The fraction of sp³-hybridized carbons (Fsp3) is 0.222. The standard InChI is InChI=1S/C27H25N5O5/c28-26-25-18(14-32(27(25)31-16-30-26)24-12-21(34)22(15-33)37-24)8-11-23(35)29-13-17-6-9-20(10-7-17)36-19-4-2-1-3-5-19/h1-7,9-10,14,16,21-22,24,33-34H,12-13,15H2,(H,29,35)(H2,28,30,31)/t21-,22-,24-/m1/s1. The minimum atomic E-state index is -0.814. The molecule has 10 nitrogen and oxygen atoms in total. The maximum atomic E-state index is 12.4. The van der Waals surface area contributed by atoms with Crippen molar-refractivity contribution >= 4 is 22.8 Å². The van der Waals surface area contributed by atoms with Gasteiger partial charge in [-0.1, -0.05) is 36.3 Å². The van der Waals surface area contributed by atoms with Gasteiger partial charge in [-0.25, -0.2) is 9.97 Å². The summed E-state index contributed by atoms with van der Waals surface area (Å²) >= 11 is 0. The Morgan fingerprint density at radius 3 is 2.65 bits per heavy atom. The van der Waals surface area contributed by atoms with Crippen molar-refractivity contribution in [2.75, 3.05) is 12.3 Å². The fourth-order valence-electron chi connectivity index (χ4n) is 4.12. The van der Waals surface area contributed by atoms with Gasteiger partial charge in [0.15, 0.2) is 0 Å². The van der Waals surface area contributed by atoms with Crippen LogP contribution in [-0.2, 0) is 16.1 Å². The van der Waals surface area contributed by atoms with Gasteiger partial charge in [-0.2, -0.15) is 0 Å². The van der Waals surface area contributed by atoms with Crippen LogP contribution in [0, 0.1) is 11.8 Å². The molecule has 0 unspecified atom stereocenters. The number of hydrogen-bond donors (Lipinski definition) is 4. The van der Waals surface area contributed by atoms with Gasteiger partial charge in [0.25, 0.3) is 5.91 Å². The van der Waals surface area contributed by atoms with Crippen LogP contribution in [0.4, 0.5) is 5.82 Å². The number of para-hydroxylation sites is 1. The van der Waals surface area contributed by atoms with Crippen LogP contribution in [0.3, 0.4) is 0 Å². The molecule has 0 saturated carbocycles. The molecule has 1 saturated heterocycles. The number of nitrogens with one attached hydrogen (secondary N) is 1. The number of hydrogen-bond acceptors (Lipinski definition) is 8. The second-order valence-electron chi connectivity index (χ2n) is 8.51. The van der Waals surface area contributed by atoms with E-state index in [0.717, 1.165) is 11.3 Å². The van der Waals surface area contributed by atoms with Crippen molar-refractivity contribution in [1.82, 2.24) is 19.9 Å². The van der Waals surface area contributed by atoms with E-state index < -0.39 is 24.3 Å². The third-order valence-electron chi connectivity index (χ3n) is 6.00. The molecule has 2 aromatic heterocycles. The quantitative estimate of drug-likeness (QED) is 0.295. The van der Waals surface area contributed by atoms with Gasteiger partial charge >= 0.3 is 0 Å². The third-order valence-corrected chi connectivity index (χ3v) is 6.00. The van der Waals surface area contributed by atoms with Crippen LogP contribution in [0.15, 0.2) is 67.1 Å². The number of carbonyl (C=O) groups is 1. The second-order valence-corrected chi connectivity index (χ2v) is 8.51. The third kappa shape index (κ3) is 5.39. The number of ether oxygens (including phenoxy) is 2. The van der Waals surface area contributed by atoms with Crippen molar-refractivity contribution in [3.05, 3.63) is 78.2 Å². The van der Waals surface area contributed by atoms with E-state index >= 15 is 0 Å². The van der Waals surface area contributed by atoms with Gasteiger partial charge in [0, 0.05) is 25.1 Å². The Labute approximate surface area is 212 Å². The predicted octanol–water partition coefficient (Wildman–Crippen LogP) is 2.11. The number of carbonyl (C=O) groups excluding carboxylic acids is 1. The first kappa shape index (κ1) is 24.3. The minimum absolute atomic E-state index is 0.212. The highest BCUT2D eigenvalue weighted by Crippen LogP contribution is 2.33. The maximum absolute atomic E-state index is 12.4. The zero-order valence-electron chi connectivity index (χ0n) is 19.7. The Kier molecular flexibility index (Phi) is 7.00. The number of aromatic nitrogens is 3. The van der Waals surface area contributed by atoms with Gasteiger partial charge in [0.2, 0.25) is 0 Å². The molecule has 2 aromatic carbocycles. The van der Waals surface area contributed by atoms with E-state index in [2.05, 4.69) is 27.1 Å². The lowest BCUT2D eigenvalue weighted by atomic mass is 10.2. The average molecular weight is 500 g/mol. The zero-order chi connectivity index (χ0) is 25.8. The molecule has 1 aliphatic rings. The number of aliphatic hydroxyl groups excluding tert-OH is 2. The molecule has 4 aromatic rings. The summed E-state index contributed by atoms with van der Waals surface area (Å²) in [5, 5.41) is 22.8. The molecule has 0 bridgehead atoms. The van der Waals surface area contributed by atoms with Gasteiger partial charge in [-0.3, -0.25) is 4.79 Å². The van der Waals surface area contributed by atoms with Crippen molar-refractivity contribution in [1.29, 1.82) is 0 Å². The SMILES string of the molecule is Nc1ncnc2c1c(C#CC(=O)NCc1ccc(Oc3ccccc3)cc1)cn2[C@H]1C[C@@H](O)[C@@H](CO)O1. The maximum Gasteiger partial charge on any atom is 0.296 e. The lowest BCUT2D eigenvalue weighted by Gasteiger charge is -2.14. The number of rotatable bonds is 6. The number of fused-ring (bicyclic) bond motifs is 1. The highest BCUT2D eigenvalue weighted by Gasteiger charge is 2.35. The molecule has 1 fully saturated rings. The topological polar surface area (TPSA) is 145 Å². The van der Waals surface area contributed by atoms with Crippen molar-refractivity contribution in [2.24, 2.45) is 0 Å². The van der Waals surface area contributed by atoms with Crippen LogP contribution in [0.5, 0.6) is 11.5 Å². The van der Waals surface area contributed by atoms with E-state index in [-0.39, 0.29) is 18.8 Å². The van der Waals surface area contributed by atoms with E-state index in [1.807, 2.05) is 54.6 Å². The van der Waals surface area contributed by atoms with E-state index in [4.69, 9.17) is 15.2 Å². The summed E-state index contributed by atoms with van der Waals surface area (Å²) in [6.07, 6.45) is 1.18. The van der Waals surface area contributed by atoms with Crippen LogP contribution in [-0.4, -0.2) is 49.5 Å². The van der Waals surface area contributed by atoms with Crippen LogP contribution >= 0.6 is 0 Å². The molecule has 37 heavy (non-hydrogen) atoms. The first-order chi connectivity index (χ1) is 18.0. The van der Waals surface area contributed by atoms with Crippen LogP contribution in [0.1, 0.15) is 23.8 Å². The van der Waals surface area contributed by atoms with Crippen molar-refractivity contribution in [3.8, 4) is 23.3 Å². The summed E-state index contributed by atoms with van der Waals surface area (Å²) < 4.78 is 13.2. The number of nitrogens with two attached hydrogens (primary N) is 1. The normalized spacial score (nSPS) is 18.8. The molecule has 3 atom stereocenters. The van der Waals surface area contributed by atoms with Gasteiger partial charge in [-0.15, -0.1) is 0 Å². The van der Waals surface area contributed by atoms with Gasteiger partial charge in [0.1, 0.15) is 41.6 Å². The Morgan fingerprint density at radius 1 is 1.16 bits per heavy atom. The molecular weight excluding hydrogens is 474 g/mol. The summed E-state index contributed by atoms with van der Waals surface area (Å²) in [4.78, 5) is 20.8. The summed E-state index contributed by atoms with van der Waals surface area (Å²) in [5.41, 5.74) is 7.89. The Bertz CT molecular complexity index is 1460. The number of anilines is 1. The highest BCUT2D eigenvalue weighted by atomic mass is 16.5. The number of aliphatic hydroxyl groups is 2. The molecular formula is C27H25N5O5. The van der Waals surface area contributed by atoms with Crippen molar-refractivity contribution < 1.29 is 24.5 Å². The highest BCUT2D eigenvalue weighted by molar-refractivity contribution is 5.97. The number of nitrogen functional groups attached to an aromatic ring is 1. The van der Waals surface area contributed by atoms with Crippen LogP contribution in [0.25, 0.3) is 11.0 Å². The number of amides is 1. The molecule has 5 rings (SSSR count). The van der Waals surface area contributed by atoms with Gasteiger partial charge in [0.05, 0.1) is 23.7 Å². The monoisotopic (exact) mass is 499 g/mol. The molecule has 0 aliphatic carbocycles. The second kappa shape index (κ2) is 10.7. The summed E-state index contributed by atoms with van der Waals surface area (Å²) in [6.45, 7) is -0.00784. The molecule has 1 amide bonds. The zero-order valence-corrected chi connectivity index (χ0v) is 19.7. The fourth-order valence-corrected chi connectivity index (χ4v) is 4.12. The smallest absolute Gasteiger partial charge is 0.296 e. The summed E-state index contributed by atoms with van der Waals surface area (Å²) in [6, 6.07) is 16.9. The van der Waals surface area contributed by atoms with E-state index in [1.54, 1.807) is 10.8 Å². The minimum Gasteiger partial charge on any atom is -0.457 e. The lowest BCUT2D eigenvalue weighted by Crippen LogP contribution is -2.24. The Morgan fingerprint density at radius 2 is 1.92 bits per heavy atom. The molecule has 5 N–H and O–H groups in total. The van der Waals surface area contributed by atoms with E-state index in [9.17, 15) is 15.0 Å². The lowest BCUT2D eigenvalue weighted by molar-refractivity contribution is -0.115. The number of benzene rings is 2. The van der Waals surface area contributed by atoms with Crippen LogP contribution < -0.4 is 15.8 Å². The molecule has 188 valence electrons. The average Bonchev–Trinajstić information content (AvgIpc) is 3.48. The molecule has 1 aliphatic heterocycles. The number of nitrogens with zero attached hydrogens (tertiary/aromatic N) is 3. The summed E-state index contributed by atoms with van der Waals surface area (Å²) in [5.74, 6) is 6.63. The Balaban J connectivity index is 1.27. The van der Waals surface area contributed by atoms with E-state index in [0.29, 0.717) is 28.9 Å². The Hall–Kier alpha value is -4.43. The molecule has 0 radical (unpaired) electrons. The van der Waals surface area contributed by atoms with E-state index in [1.165, 1.54) is 6.33 Å². The first-order valence-corrected chi connectivity index (χ1v) is 11.7. The van der Waals surface area contributed by atoms with Crippen molar-refractivity contribution in [2.45, 2.75) is 31.4 Å². The predicted molar refractivity (Wildman–Crippen MR) is 135 cm³/mol. The summed E-state index contributed by atoms with van der Waals surface area (Å²) in [7, 11) is 0. The van der Waals surface area contributed by atoms with Crippen LogP contribution in [0.2, 0.25) is 0 Å². The molecule has 3 heterocycles. The molecule has 10 heteroatoms. The largest absolute Gasteiger partial charge is 0.457 e. The van der Waals surface area contributed by atoms with Gasteiger partial charge in [-0.05, 0) is 29.8 Å². The first-order valence-electron chi connectivity index (χ1n) is 11.7. The van der Waals surface area contributed by atoms with Gasteiger partial charge < -0.3 is 35.3 Å².